The highest BCUT2D eigenvalue weighted by Crippen LogP contribution is 2.42. The Balaban J connectivity index is 1.44. The van der Waals surface area contributed by atoms with E-state index in [-0.39, 0.29) is 10.5 Å². The van der Waals surface area contributed by atoms with Crippen molar-refractivity contribution in [2.75, 3.05) is 13.1 Å². The van der Waals surface area contributed by atoms with E-state index in [1.165, 1.54) is 28.8 Å². The predicted molar refractivity (Wildman–Crippen MR) is 157 cm³/mol. The van der Waals surface area contributed by atoms with Gasteiger partial charge in [0.05, 0.1) is 22.3 Å². The monoisotopic (exact) mass is 570 g/mol. The third-order valence-corrected chi connectivity index (χ3v) is 10.1. The summed E-state index contributed by atoms with van der Waals surface area (Å²) in [6, 6.07) is 21.6. The van der Waals surface area contributed by atoms with Gasteiger partial charge in [-0.05, 0) is 85.3 Å². The number of aryl methyl sites for hydroxylation is 3. The molecule has 9 heteroatoms. The van der Waals surface area contributed by atoms with Crippen molar-refractivity contribution >= 4 is 20.9 Å². The van der Waals surface area contributed by atoms with Gasteiger partial charge in [-0.3, -0.25) is 4.79 Å². The van der Waals surface area contributed by atoms with E-state index in [1.807, 2.05) is 29.1 Å². The fourth-order valence-electron chi connectivity index (χ4n) is 6.07. The maximum atomic E-state index is 13.9. The molecule has 1 unspecified atom stereocenters. The van der Waals surface area contributed by atoms with E-state index in [2.05, 4.69) is 36.3 Å². The molecule has 0 bridgehead atoms. The second-order valence-corrected chi connectivity index (χ2v) is 13.0. The maximum absolute atomic E-state index is 13.9. The van der Waals surface area contributed by atoms with Crippen LogP contribution in [0.5, 0.6) is 0 Å². The molecule has 0 amide bonds. The van der Waals surface area contributed by atoms with Gasteiger partial charge in [-0.25, -0.2) is 17.5 Å². The quantitative estimate of drug-likeness (QED) is 0.286. The lowest BCUT2D eigenvalue weighted by Crippen LogP contribution is -2.36. The van der Waals surface area contributed by atoms with Gasteiger partial charge >= 0.3 is 0 Å². The molecular formula is C32H31FN4O3S. The van der Waals surface area contributed by atoms with Gasteiger partial charge in [0.2, 0.25) is 15.6 Å². The minimum atomic E-state index is -3.82. The van der Waals surface area contributed by atoms with Crippen molar-refractivity contribution < 1.29 is 12.8 Å². The predicted octanol–water partition coefficient (Wildman–Crippen LogP) is 5.06. The van der Waals surface area contributed by atoms with Crippen molar-refractivity contribution in [1.29, 1.82) is 0 Å². The number of rotatable bonds is 6. The number of benzene rings is 3. The van der Waals surface area contributed by atoms with Crippen LogP contribution < -0.4 is 5.56 Å². The Hall–Kier alpha value is -4.08. The van der Waals surface area contributed by atoms with Crippen LogP contribution in [0.4, 0.5) is 4.39 Å². The number of sulfonamides is 1. The normalized spacial score (nSPS) is 17.9. The van der Waals surface area contributed by atoms with Crippen LogP contribution in [0.2, 0.25) is 0 Å². The molecule has 1 atom stereocenters. The molecule has 3 aromatic carbocycles. The molecule has 0 N–H and O–H groups in total. The molecule has 0 radical (unpaired) electrons. The van der Waals surface area contributed by atoms with Crippen LogP contribution in [0, 0.1) is 19.7 Å². The first-order valence-corrected chi connectivity index (χ1v) is 15.0. The summed E-state index contributed by atoms with van der Waals surface area (Å²) in [6.45, 7) is 4.30. The number of hydrogen-bond acceptors (Lipinski definition) is 4. The zero-order valence-corrected chi connectivity index (χ0v) is 24.0. The van der Waals surface area contributed by atoms with E-state index < -0.39 is 21.3 Å². The fourth-order valence-corrected chi connectivity index (χ4v) is 7.68. The number of pyridine rings is 1. The number of nitrogens with zero attached hydrogens (tertiary/aromatic N) is 4. The van der Waals surface area contributed by atoms with Crippen LogP contribution in [0.15, 0.2) is 94.9 Å². The zero-order valence-electron chi connectivity index (χ0n) is 23.2. The summed E-state index contributed by atoms with van der Waals surface area (Å²) in [5, 5.41) is 5.56. The highest BCUT2D eigenvalue weighted by molar-refractivity contribution is 7.89. The van der Waals surface area contributed by atoms with Crippen molar-refractivity contribution in [3.05, 3.63) is 124 Å². The van der Waals surface area contributed by atoms with Gasteiger partial charge in [0.25, 0.3) is 0 Å². The van der Waals surface area contributed by atoms with Crippen molar-refractivity contribution in [3.63, 3.8) is 0 Å². The smallest absolute Gasteiger partial charge is 0.250 e. The van der Waals surface area contributed by atoms with E-state index in [9.17, 15) is 17.6 Å². The van der Waals surface area contributed by atoms with Gasteiger partial charge in [-0.2, -0.15) is 9.40 Å². The Morgan fingerprint density at radius 3 is 2.49 bits per heavy atom. The Morgan fingerprint density at radius 1 is 0.976 bits per heavy atom. The van der Waals surface area contributed by atoms with Crippen molar-refractivity contribution in [1.82, 2.24) is 18.7 Å². The molecule has 210 valence electrons. The Bertz CT molecular complexity index is 1950. The van der Waals surface area contributed by atoms with Crippen LogP contribution in [-0.4, -0.2) is 40.2 Å². The van der Waals surface area contributed by atoms with Gasteiger partial charge in [-0.1, -0.05) is 30.3 Å². The van der Waals surface area contributed by atoms with Crippen LogP contribution >= 0.6 is 0 Å². The summed E-state index contributed by atoms with van der Waals surface area (Å²) in [4.78, 5) is 12.0. The highest BCUT2D eigenvalue weighted by Gasteiger charge is 2.45. The Labute approximate surface area is 238 Å². The first-order chi connectivity index (χ1) is 19.6. The minimum Gasteiger partial charge on any atom is -0.316 e. The minimum absolute atomic E-state index is 0.0944. The summed E-state index contributed by atoms with van der Waals surface area (Å²) in [5.41, 5.74) is 4.68. The van der Waals surface area contributed by atoms with Gasteiger partial charge in [0.15, 0.2) is 0 Å². The Morgan fingerprint density at radius 2 is 1.76 bits per heavy atom. The van der Waals surface area contributed by atoms with Crippen molar-refractivity contribution in [3.8, 4) is 5.69 Å². The summed E-state index contributed by atoms with van der Waals surface area (Å²) >= 11 is 0. The zero-order chi connectivity index (χ0) is 28.9. The average molecular weight is 571 g/mol. The molecule has 41 heavy (non-hydrogen) atoms. The third kappa shape index (κ3) is 4.79. The first-order valence-electron chi connectivity index (χ1n) is 13.5. The molecule has 1 fully saturated rings. The third-order valence-electron chi connectivity index (χ3n) is 8.27. The molecule has 0 spiro atoms. The largest absolute Gasteiger partial charge is 0.316 e. The summed E-state index contributed by atoms with van der Waals surface area (Å²) in [6.07, 6.45) is 4.88. The lowest BCUT2D eigenvalue weighted by Gasteiger charge is -2.32. The molecule has 2 aromatic heterocycles. The second kappa shape index (κ2) is 10.1. The molecule has 0 saturated carbocycles. The van der Waals surface area contributed by atoms with Crippen LogP contribution in [0.25, 0.3) is 16.6 Å². The van der Waals surface area contributed by atoms with Gasteiger partial charge in [0, 0.05) is 43.2 Å². The van der Waals surface area contributed by atoms with E-state index in [0.29, 0.717) is 31.5 Å². The van der Waals surface area contributed by atoms with Crippen LogP contribution in [-0.2, 0) is 28.9 Å². The first kappa shape index (κ1) is 27.1. The molecule has 3 heterocycles. The molecule has 5 aromatic rings. The lowest BCUT2D eigenvalue weighted by atomic mass is 9.73. The topological polar surface area (TPSA) is 77.2 Å². The number of hydrogen-bond donors (Lipinski definition) is 0. The van der Waals surface area contributed by atoms with E-state index in [0.717, 1.165) is 33.3 Å². The van der Waals surface area contributed by atoms with E-state index >= 15 is 0 Å². The van der Waals surface area contributed by atoms with Gasteiger partial charge < -0.3 is 4.57 Å². The number of aromatic nitrogens is 3. The summed E-state index contributed by atoms with van der Waals surface area (Å²) < 4.78 is 46.3. The lowest BCUT2D eigenvalue weighted by molar-refractivity contribution is 0.413. The number of halogens is 1. The maximum Gasteiger partial charge on any atom is 0.250 e. The molecule has 6 rings (SSSR count). The second-order valence-electron chi connectivity index (χ2n) is 11.1. The summed E-state index contributed by atoms with van der Waals surface area (Å²) in [7, 11) is -2.11. The van der Waals surface area contributed by atoms with Crippen molar-refractivity contribution in [2.45, 2.75) is 37.0 Å². The average Bonchev–Trinajstić information content (AvgIpc) is 3.57. The Kier molecular flexibility index (Phi) is 6.66. The molecule has 1 aliphatic heterocycles. The van der Waals surface area contributed by atoms with Gasteiger partial charge in [0.1, 0.15) is 5.82 Å². The van der Waals surface area contributed by atoms with E-state index in [4.69, 9.17) is 0 Å². The van der Waals surface area contributed by atoms with E-state index in [1.54, 1.807) is 30.5 Å². The summed E-state index contributed by atoms with van der Waals surface area (Å²) in [5.74, 6) is -0.425. The standard InChI is InChI=1S/C32H31FN4O3S/c1-22-16-30-25(19-34-37(30)26-9-12-31(38)35(3)20-26)17-28(22)32(18-24-7-5-4-6-8-24)13-14-36(21-32)41(39,40)27-10-11-29(33)23(2)15-27/h4-12,15-17,19-20H,13-14,18,21H2,1-3H3. The molecule has 0 aliphatic carbocycles. The van der Waals surface area contributed by atoms with Crippen LogP contribution in [0.3, 0.4) is 0 Å². The van der Waals surface area contributed by atoms with Crippen molar-refractivity contribution in [2.24, 2.45) is 7.05 Å². The van der Waals surface area contributed by atoms with Crippen LogP contribution in [0.1, 0.15) is 28.7 Å². The molecule has 1 aliphatic rings. The molecular weight excluding hydrogens is 539 g/mol. The highest BCUT2D eigenvalue weighted by atomic mass is 32.2. The molecule has 7 nitrogen and oxygen atoms in total. The SMILES string of the molecule is Cc1cc(S(=O)(=O)N2CCC(Cc3ccccc3)(c3cc4cnn(-c5ccc(=O)n(C)c5)c4cc3C)C2)ccc1F. The fraction of sp³-hybridized carbons (Fsp3) is 0.250. The number of fused-ring (bicyclic) bond motifs is 1. The van der Waals surface area contributed by atoms with Gasteiger partial charge in [-0.15, -0.1) is 0 Å². The molecule has 1 saturated heterocycles.